The number of nitriles is 1. The Labute approximate surface area is 129 Å². The smallest absolute Gasteiger partial charge is 0.100 e. The van der Waals surface area contributed by atoms with Crippen LogP contribution in [-0.4, -0.2) is 0 Å². The minimum absolute atomic E-state index is 0.734. The van der Waals surface area contributed by atoms with Crippen molar-refractivity contribution in [1.82, 2.24) is 0 Å². The van der Waals surface area contributed by atoms with Crippen molar-refractivity contribution in [3.05, 3.63) is 95.6 Å². The number of allylic oxidation sites excluding steroid dienone is 1. The van der Waals surface area contributed by atoms with E-state index in [0.29, 0.717) is 0 Å². The monoisotopic (exact) mass is 279 g/mol. The van der Waals surface area contributed by atoms with Crippen LogP contribution in [0.1, 0.15) is 16.7 Å². The van der Waals surface area contributed by atoms with E-state index in [-0.39, 0.29) is 0 Å². The summed E-state index contributed by atoms with van der Waals surface area (Å²) < 4.78 is 0. The first-order valence-corrected chi connectivity index (χ1v) is 7.29. The highest BCUT2D eigenvalue weighted by Gasteiger charge is 2.25. The van der Waals surface area contributed by atoms with Gasteiger partial charge in [0, 0.05) is 5.57 Å². The predicted molar refractivity (Wildman–Crippen MR) is 89.8 cm³/mol. The number of rotatable bonds is 1. The van der Waals surface area contributed by atoms with E-state index in [0.717, 1.165) is 27.8 Å². The van der Waals surface area contributed by atoms with Gasteiger partial charge in [-0.05, 0) is 27.8 Å². The van der Waals surface area contributed by atoms with Crippen molar-refractivity contribution in [2.75, 3.05) is 0 Å². The molecule has 0 aromatic heterocycles. The molecular formula is C21H13N. The van der Waals surface area contributed by atoms with Gasteiger partial charge in [0.15, 0.2) is 0 Å². The maximum atomic E-state index is 9.78. The molecule has 0 atom stereocenters. The number of fused-ring (bicyclic) bond motifs is 3. The summed E-state index contributed by atoms with van der Waals surface area (Å²) in [6.07, 6.45) is 0. The summed E-state index contributed by atoms with van der Waals surface area (Å²) >= 11 is 0. The van der Waals surface area contributed by atoms with E-state index >= 15 is 0 Å². The summed E-state index contributed by atoms with van der Waals surface area (Å²) in [7, 11) is 0. The van der Waals surface area contributed by atoms with E-state index in [9.17, 15) is 5.26 Å². The van der Waals surface area contributed by atoms with Crippen molar-refractivity contribution in [2.45, 2.75) is 0 Å². The molecule has 1 nitrogen and oxygen atoms in total. The van der Waals surface area contributed by atoms with E-state index in [1.807, 2.05) is 54.6 Å². The van der Waals surface area contributed by atoms with Crippen LogP contribution in [0.4, 0.5) is 0 Å². The summed E-state index contributed by atoms with van der Waals surface area (Å²) in [4.78, 5) is 0. The largest absolute Gasteiger partial charge is 0.192 e. The number of hydrogen-bond acceptors (Lipinski definition) is 1. The predicted octanol–water partition coefficient (Wildman–Crippen LogP) is 5.15. The number of hydrogen-bond donors (Lipinski definition) is 0. The van der Waals surface area contributed by atoms with Crippen LogP contribution in [0.25, 0.3) is 22.3 Å². The first kappa shape index (κ1) is 12.6. The minimum atomic E-state index is 0.734. The van der Waals surface area contributed by atoms with Gasteiger partial charge in [-0.1, -0.05) is 78.9 Å². The third kappa shape index (κ3) is 1.78. The molecule has 0 amide bonds. The molecule has 4 rings (SSSR count). The van der Waals surface area contributed by atoms with Crippen LogP contribution in [0, 0.1) is 11.3 Å². The van der Waals surface area contributed by atoms with Crippen molar-refractivity contribution in [3.63, 3.8) is 0 Å². The van der Waals surface area contributed by atoms with Crippen molar-refractivity contribution >= 4 is 11.1 Å². The quantitative estimate of drug-likeness (QED) is 0.442. The van der Waals surface area contributed by atoms with Crippen LogP contribution in [0.15, 0.2) is 78.9 Å². The van der Waals surface area contributed by atoms with Gasteiger partial charge in [-0.3, -0.25) is 0 Å². The van der Waals surface area contributed by atoms with Crippen molar-refractivity contribution in [1.29, 1.82) is 5.26 Å². The lowest BCUT2D eigenvalue weighted by Gasteiger charge is -2.07. The Morgan fingerprint density at radius 2 is 1.05 bits per heavy atom. The van der Waals surface area contributed by atoms with Crippen LogP contribution < -0.4 is 0 Å². The Hall–Kier alpha value is -3.11. The second-order valence-electron chi connectivity index (χ2n) is 5.32. The summed E-state index contributed by atoms with van der Waals surface area (Å²) in [5.74, 6) is 0. The van der Waals surface area contributed by atoms with Gasteiger partial charge >= 0.3 is 0 Å². The molecule has 1 heteroatoms. The second kappa shape index (κ2) is 5.02. The first-order valence-electron chi connectivity index (χ1n) is 7.29. The Balaban J connectivity index is 2.11. The molecule has 0 spiro atoms. The fourth-order valence-corrected chi connectivity index (χ4v) is 3.16. The van der Waals surface area contributed by atoms with Crippen LogP contribution in [0.3, 0.4) is 0 Å². The van der Waals surface area contributed by atoms with Crippen LogP contribution in [0.5, 0.6) is 0 Å². The molecule has 0 saturated carbocycles. The molecule has 1 aliphatic carbocycles. The van der Waals surface area contributed by atoms with Crippen LogP contribution in [0.2, 0.25) is 0 Å². The zero-order valence-corrected chi connectivity index (χ0v) is 12.0. The summed E-state index contributed by atoms with van der Waals surface area (Å²) in [6, 6.07) is 28.9. The Bertz CT molecular complexity index is 880. The summed E-state index contributed by atoms with van der Waals surface area (Å²) in [5.41, 5.74) is 7.44. The topological polar surface area (TPSA) is 23.8 Å². The molecule has 102 valence electrons. The Morgan fingerprint density at radius 1 is 0.591 bits per heavy atom. The maximum absolute atomic E-state index is 9.78. The van der Waals surface area contributed by atoms with Gasteiger partial charge in [-0.15, -0.1) is 0 Å². The second-order valence-corrected chi connectivity index (χ2v) is 5.32. The fraction of sp³-hybridized carbons (Fsp3) is 0. The maximum Gasteiger partial charge on any atom is 0.100 e. The minimum Gasteiger partial charge on any atom is -0.192 e. The molecule has 0 unspecified atom stereocenters. The molecule has 0 aliphatic heterocycles. The van der Waals surface area contributed by atoms with E-state index < -0.39 is 0 Å². The lowest BCUT2D eigenvalue weighted by Crippen LogP contribution is -1.89. The molecule has 0 radical (unpaired) electrons. The molecule has 0 N–H and O–H groups in total. The van der Waals surface area contributed by atoms with E-state index in [2.05, 4.69) is 30.3 Å². The normalized spacial score (nSPS) is 11.5. The molecule has 0 bridgehead atoms. The van der Waals surface area contributed by atoms with Crippen molar-refractivity contribution in [2.24, 2.45) is 0 Å². The van der Waals surface area contributed by atoms with Gasteiger partial charge in [0.2, 0.25) is 0 Å². The highest BCUT2D eigenvalue weighted by Crippen LogP contribution is 2.46. The van der Waals surface area contributed by atoms with Crippen LogP contribution in [-0.2, 0) is 0 Å². The third-order valence-electron chi connectivity index (χ3n) is 4.11. The average Bonchev–Trinajstić information content (AvgIpc) is 2.92. The number of benzene rings is 3. The zero-order valence-electron chi connectivity index (χ0n) is 12.0. The van der Waals surface area contributed by atoms with Gasteiger partial charge < -0.3 is 0 Å². The van der Waals surface area contributed by atoms with E-state index in [4.69, 9.17) is 0 Å². The number of nitrogens with zero attached hydrogens (tertiary/aromatic N) is 1. The molecular weight excluding hydrogens is 266 g/mol. The molecule has 0 fully saturated rings. The van der Waals surface area contributed by atoms with Gasteiger partial charge in [0.25, 0.3) is 0 Å². The molecule has 1 aliphatic rings. The standard InChI is InChI=1S/C21H13N/c22-14-20(15-8-2-1-3-9-15)21-18-12-6-4-10-16(18)17-11-5-7-13-19(17)21/h1-13H. The van der Waals surface area contributed by atoms with Crippen LogP contribution >= 0.6 is 0 Å². The SMILES string of the molecule is N#CC(=C1c2ccccc2-c2ccccc21)c1ccccc1. The molecule has 3 aromatic rings. The van der Waals surface area contributed by atoms with E-state index in [1.165, 1.54) is 11.1 Å². The Kier molecular flexibility index (Phi) is 2.88. The third-order valence-corrected chi connectivity index (χ3v) is 4.11. The first-order chi connectivity index (χ1) is 10.9. The molecule has 22 heavy (non-hydrogen) atoms. The van der Waals surface area contributed by atoms with Crippen molar-refractivity contribution < 1.29 is 0 Å². The molecule has 0 saturated heterocycles. The summed E-state index contributed by atoms with van der Waals surface area (Å²) in [6.45, 7) is 0. The highest BCUT2D eigenvalue weighted by atomic mass is 14.3. The summed E-state index contributed by atoms with van der Waals surface area (Å²) in [5, 5.41) is 9.78. The molecule has 0 heterocycles. The van der Waals surface area contributed by atoms with E-state index in [1.54, 1.807) is 0 Å². The van der Waals surface area contributed by atoms with Crippen molar-refractivity contribution in [3.8, 4) is 17.2 Å². The molecule has 3 aromatic carbocycles. The average molecular weight is 279 g/mol. The highest BCUT2D eigenvalue weighted by molar-refractivity contribution is 6.13. The van der Waals surface area contributed by atoms with Gasteiger partial charge in [0.05, 0.1) is 5.57 Å². The fourth-order valence-electron chi connectivity index (χ4n) is 3.16. The van der Waals surface area contributed by atoms with Gasteiger partial charge in [0.1, 0.15) is 6.07 Å². The van der Waals surface area contributed by atoms with Gasteiger partial charge in [-0.2, -0.15) is 5.26 Å². The lowest BCUT2D eigenvalue weighted by molar-refractivity contribution is 1.52. The lowest BCUT2D eigenvalue weighted by atomic mass is 9.94. The zero-order chi connectivity index (χ0) is 14.9. The van der Waals surface area contributed by atoms with Gasteiger partial charge in [-0.25, -0.2) is 0 Å². The Morgan fingerprint density at radius 3 is 1.55 bits per heavy atom.